The molecule has 56 heavy (non-hydrogen) atoms. The molecule has 0 saturated heterocycles. The molecule has 0 aliphatic rings. The number of unbranched alkanes of at least 4 members (excludes halogenated alkanes) is 1. The fourth-order valence-corrected chi connectivity index (χ4v) is 6.23. The van der Waals surface area contributed by atoms with Crippen LogP contribution in [0.4, 0.5) is 0 Å². The quantitative estimate of drug-likeness (QED) is 0.0288. The van der Waals surface area contributed by atoms with E-state index in [-0.39, 0.29) is 29.7 Å². The molecule has 0 radical (unpaired) electrons. The number of nitrogens with two attached hydrogens (primary N) is 2. The summed E-state index contributed by atoms with van der Waals surface area (Å²) in [5, 5.41) is 52.7. The first kappa shape index (κ1) is 43.6. The monoisotopic (exact) mass is 769 g/mol. The molecule has 4 rings (SSSR count). The van der Waals surface area contributed by atoms with Crippen molar-refractivity contribution < 1.29 is 35.1 Å². The van der Waals surface area contributed by atoms with Gasteiger partial charge < -0.3 is 42.3 Å². The predicted octanol–water partition coefficient (Wildman–Crippen LogP) is 1.39. The molecule has 0 bridgehead atoms. The van der Waals surface area contributed by atoms with E-state index in [0.717, 1.165) is 48.8 Å². The molecule has 2 amide bonds. The average Bonchev–Trinajstić information content (AvgIpc) is 3.22. The van der Waals surface area contributed by atoms with Crippen molar-refractivity contribution in [2.75, 3.05) is 39.3 Å². The number of hydrogen-bond donors (Lipinski definition) is 8. The van der Waals surface area contributed by atoms with Gasteiger partial charge in [-0.1, -0.05) is 78.9 Å². The number of carbonyl (C=O) groups is 2. The van der Waals surface area contributed by atoms with Gasteiger partial charge in [-0.25, -0.2) is 9.97 Å². The maximum atomic E-state index is 12.7. The Labute approximate surface area is 328 Å². The minimum absolute atomic E-state index is 0.00416. The highest BCUT2D eigenvalue weighted by Gasteiger charge is 2.31. The van der Waals surface area contributed by atoms with E-state index in [4.69, 9.17) is 16.6 Å². The number of carbonyl (C=O) groups excluding carboxylic acids is 2. The molecule has 0 unspecified atom stereocenters. The zero-order valence-corrected chi connectivity index (χ0v) is 31.7. The van der Waals surface area contributed by atoms with Crippen molar-refractivity contribution in [3.05, 3.63) is 119 Å². The summed E-state index contributed by atoms with van der Waals surface area (Å²) in [6.07, 6.45) is 1.58. The smallest absolute Gasteiger partial charge is 0.269 e. The standard InChI is InChI=1S/C42H55N7O7/c43-41(37-38(42(44)56)47-23-22-46-37)48-21-5-4-9-30-11-16-32(17-12-30)33-18-13-31(14-19-33)15-20-36(53)45-24-26-49(25-6-10-29-7-2-1-3-8-29)27-34(51)39(54)40(55)35(52)28-50/h1-3,7-8,11-14,16-19,22-23,34-35,39-40,50-52,54-55H,4-6,9-10,15,20-21,24-28H2,(H2,43,48)(H2,44,56)(H,45,53)/t34-,35+,39+,40+/m0/s1. The Hall–Kier alpha value is -5.09. The van der Waals surface area contributed by atoms with Gasteiger partial charge >= 0.3 is 0 Å². The summed E-state index contributed by atoms with van der Waals surface area (Å²) in [4.78, 5) is 38.6. The summed E-state index contributed by atoms with van der Waals surface area (Å²) in [6, 6.07) is 26.6. The molecule has 14 nitrogen and oxygen atoms in total. The summed E-state index contributed by atoms with van der Waals surface area (Å²) in [7, 11) is 0. The number of aryl methyl sites for hydroxylation is 3. The van der Waals surface area contributed by atoms with Crippen molar-refractivity contribution in [1.82, 2.24) is 20.2 Å². The molecule has 0 spiro atoms. The molecule has 0 aliphatic heterocycles. The van der Waals surface area contributed by atoms with E-state index in [2.05, 4.69) is 56.7 Å². The van der Waals surface area contributed by atoms with E-state index in [9.17, 15) is 30.0 Å². The second-order valence-corrected chi connectivity index (χ2v) is 13.8. The van der Waals surface area contributed by atoms with Crippen LogP contribution in [0.2, 0.25) is 0 Å². The molecule has 300 valence electrons. The zero-order valence-electron chi connectivity index (χ0n) is 31.7. The molecular formula is C42H55N7O7. The number of amidine groups is 1. The van der Waals surface area contributed by atoms with Gasteiger partial charge in [0.2, 0.25) is 5.91 Å². The molecule has 0 aliphatic carbocycles. The van der Waals surface area contributed by atoms with Crippen molar-refractivity contribution in [3.63, 3.8) is 0 Å². The highest BCUT2D eigenvalue weighted by atomic mass is 16.4. The van der Waals surface area contributed by atoms with E-state index in [1.54, 1.807) is 0 Å². The molecule has 4 aromatic rings. The predicted molar refractivity (Wildman–Crippen MR) is 215 cm³/mol. The number of aliphatic hydroxyl groups is 5. The van der Waals surface area contributed by atoms with Crippen LogP contribution in [0.5, 0.6) is 0 Å². The van der Waals surface area contributed by atoms with Crippen LogP contribution in [-0.2, 0) is 24.1 Å². The summed E-state index contributed by atoms with van der Waals surface area (Å²) in [5.74, 6) is -0.664. The molecule has 1 aromatic heterocycles. The van der Waals surface area contributed by atoms with E-state index in [1.165, 1.54) is 23.5 Å². The lowest BCUT2D eigenvalue weighted by Crippen LogP contribution is -2.50. The molecule has 1 heterocycles. The first-order valence-electron chi connectivity index (χ1n) is 19.0. The van der Waals surface area contributed by atoms with E-state index >= 15 is 0 Å². The highest BCUT2D eigenvalue weighted by molar-refractivity contribution is 6.05. The summed E-state index contributed by atoms with van der Waals surface area (Å²) in [6.45, 7) is 1.06. The zero-order chi connectivity index (χ0) is 40.3. The van der Waals surface area contributed by atoms with Crippen molar-refractivity contribution in [2.24, 2.45) is 16.5 Å². The first-order chi connectivity index (χ1) is 27.0. The Morgan fingerprint density at radius 2 is 1.27 bits per heavy atom. The van der Waals surface area contributed by atoms with Crippen molar-refractivity contribution in [3.8, 4) is 11.1 Å². The number of primary amides is 1. The molecule has 10 N–H and O–H groups in total. The van der Waals surface area contributed by atoms with Gasteiger partial charge in [0, 0.05) is 45.0 Å². The minimum Gasteiger partial charge on any atom is -0.394 e. The van der Waals surface area contributed by atoms with Crippen LogP contribution in [0.25, 0.3) is 11.1 Å². The number of aromatic nitrogens is 2. The SMILES string of the molecule is NC(=O)c1nccnc1C(N)=NCCCCc1ccc(-c2ccc(CCC(=O)NCCN(CCCc3ccccc3)C[C@H](O)[C@@H](O)[C@H](O)[C@H](O)CO)cc2)cc1. The Morgan fingerprint density at radius 1 is 0.696 bits per heavy atom. The minimum atomic E-state index is -1.70. The Balaban J connectivity index is 1.18. The number of nitrogens with zero attached hydrogens (tertiary/aromatic N) is 4. The Bertz CT molecular complexity index is 1810. The maximum absolute atomic E-state index is 12.7. The van der Waals surface area contributed by atoms with Crippen LogP contribution in [-0.4, -0.2) is 122 Å². The second-order valence-electron chi connectivity index (χ2n) is 13.8. The van der Waals surface area contributed by atoms with Crippen LogP contribution >= 0.6 is 0 Å². The number of hydrogen-bond acceptors (Lipinski definition) is 11. The third-order valence-electron chi connectivity index (χ3n) is 9.52. The van der Waals surface area contributed by atoms with Gasteiger partial charge in [0.15, 0.2) is 5.69 Å². The normalized spacial score (nSPS) is 13.9. The van der Waals surface area contributed by atoms with Crippen LogP contribution in [0.1, 0.15) is 58.6 Å². The van der Waals surface area contributed by atoms with Gasteiger partial charge in [0.25, 0.3) is 5.91 Å². The van der Waals surface area contributed by atoms with Crippen LogP contribution in [0, 0.1) is 0 Å². The van der Waals surface area contributed by atoms with Gasteiger partial charge in [0.05, 0.1) is 12.7 Å². The number of rotatable bonds is 24. The lowest BCUT2D eigenvalue weighted by Gasteiger charge is -2.30. The molecule has 0 fully saturated rings. The Kier molecular flexibility index (Phi) is 18.0. The molecule has 0 saturated carbocycles. The van der Waals surface area contributed by atoms with Crippen LogP contribution < -0.4 is 16.8 Å². The topological polar surface area (TPSA) is 241 Å². The van der Waals surface area contributed by atoms with Gasteiger partial charge in [0.1, 0.15) is 29.8 Å². The van der Waals surface area contributed by atoms with E-state index in [0.29, 0.717) is 39.0 Å². The molecule has 3 aromatic carbocycles. The third-order valence-corrected chi connectivity index (χ3v) is 9.52. The van der Waals surface area contributed by atoms with Crippen LogP contribution in [0.3, 0.4) is 0 Å². The number of amides is 2. The lowest BCUT2D eigenvalue weighted by atomic mass is 9.99. The summed E-state index contributed by atoms with van der Waals surface area (Å²) >= 11 is 0. The number of nitrogens with one attached hydrogen (secondary N) is 1. The van der Waals surface area contributed by atoms with Crippen molar-refractivity contribution in [1.29, 1.82) is 0 Å². The van der Waals surface area contributed by atoms with E-state index in [1.807, 2.05) is 47.4 Å². The summed E-state index contributed by atoms with van der Waals surface area (Å²) < 4.78 is 0. The number of benzene rings is 3. The third kappa shape index (κ3) is 14.2. The lowest BCUT2D eigenvalue weighted by molar-refractivity contribution is -0.121. The Morgan fingerprint density at radius 3 is 1.89 bits per heavy atom. The fourth-order valence-electron chi connectivity index (χ4n) is 6.23. The van der Waals surface area contributed by atoms with Gasteiger partial charge in [-0.2, -0.15) is 0 Å². The fraction of sp³-hybridized carbons (Fsp3) is 0.405. The average molecular weight is 770 g/mol. The van der Waals surface area contributed by atoms with Crippen molar-refractivity contribution in [2.45, 2.75) is 69.4 Å². The van der Waals surface area contributed by atoms with Gasteiger partial charge in [-0.05, 0) is 72.9 Å². The van der Waals surface area contributed by atoms with Gasteiger partial charge in [-0.15, -0.1) is 0 Å². The molecule has 4 atom stereocenters. The number of aliphatic imine (C=N–C) groups is 1. The molecular weight excluding hydrogens is 715 g/mol. The second kappa shape index (κ2) is 23.1. The maximum Gasteiger partial charge on any atom is 0.269 e. The van der Waals surface area contributed by atoms with Gasteiger partial charge in [-0.3, -0.25) is 19.5 Å². The van der Waals surface area contributed by atoms with E-state index < -0.39 is 36.9 Å². The molecule has 14 heteroatoms. The highest BCUT2D eigenvalue weighted by Crippen LogP contribution is 2.22. The van der Waals surface area contributed by atoms with Crippen LogP contribution in [0.15, 0.2) is 96.2 Å². The largest absolute Gasteiger partial charge is 0.394 e. The number of aliphatic hydroxyl groups excluding tert-OH is 5. The first-order valence-corrected chi connectivity index (χ1v) is 19.0. The summed E-state index contributed by atoms with van der Waals surface area (Å²) in [5.41, 5.74) is 17.2. The van der Waals surface area contributed by atoms with Crippen molar-refractivity contribution >= 4 is 17.6 Å².